The number of carbonyl (C=O) groups excluding carboxylic acids is 1. The van der Waals surface area contributed by atoms with E-state index in [9.17, 15) is 13.2 Å². The molecule has 1 heterocycles. The van der Waals surface area contributed by atoms with E-state index in [0.717, 1.165) is 18.4 Å². The molecule has 1 N–H and O–H groups in total. The number of rotatable bonds is 7. The van der Waals surface area contributed by atoms with Gasteiger partial charge in [0.2, 0.25) is 5.91 Å². The lowest BCUT2D eigenvalue weighted by molar-refractivity contribution is -0.131. The Morgan fingerprint density at radius 2 is 2.17 bits per heavy atom. The molecule has 0 saturated carbocycles. The molecule has 1 aromatic carbocycles. The monoisotopic (exact) mass is 372 g/mol. The minimum absolute atomic E-state index is 0.0838. The van der Waals surface area contributed by atoms with Gasteiger partial charge < -0.3 is 10.2 Å². The number of halogens is 1. The third-order valence-electron chi connectivity index (χ3n) is 4.20. The van der Waals surface area contributed by atoms with E-state index in [0.29, 0.717) is 31.1 Å². The molecule has 1 fully saturated rings. The summed E-state index contributed by atoms with van der Waals surface area (Å²) in [6, 6.07) is 7.19. The lowest BCUT2D eigenvalue weighted by atomic mass is 10.0. The van der Waals surface area contributed by atoms with E-state index in [1.54, 1.807) is 11.0 Å². The summed E-state index contributed by atoms with van der Waals surface area (Å²) in [5, 5.41) is 3.86. The highest BCUT2D eigenvalue weighted by Crippen LogP contribution is 2.25. The van der Waals surface area contributed by atoms with Crippen molar-refractivity contribution in [3.8, 4) is 0 Å². The summed E-state index contributed by atoms with van der Waals surface area (Å²) < 4.78 is 24.3. The van der Waals surface area contributed by atoms with Gasteiger partial charge in [-0.05, 0) is 24.1 Å². The van der Waals surface area contributed by atoms with Crippen LogP contribution in [0.1, 0.15) is 37.8 Å². The highest BCUT2D eigenvalue weighted by atomic mass is 35.5. The first kappa shape index (κ1) is 19.2. The fraction of sp³-hybridized carbons (Fsp3) is 0.588. The third-order valence-corrected chi connectivity index (χ3v) is 6.03. The number of nitrogens with zero attached hydrogens (tertiary/aromatic N) is 1. The molecule has 24 heavy (non-hydrogen) atoms. The molecule has 0 radical (unpaired) electrons. The summed E-state index contributed by atoms with van der Waals surface area (Å²) >= 11 is 6.05. The van der Waals surface area contributed by atoms with Crippen LogP contribution in [-0.4, -0.2) is 50.4 Å². The SMILES string of the molecule is CCCCCS(=O)(=O)CC(=O)N1CCNCC1c1cccc(Cl)c1. The van der Waals surface area contributed by atoms with Gasteiger partial charge in [-0.3, -0.25) is 4.79 Å². The van der Waals surface area contributed by atoms with Crippen molar-refractivity contribution in [3.05, 3.63) is 34.9 Å². The predicted molar refractivity (Wildman–Crippen MR) is 97.0 cm³/mol. The Hall–Kier alpha value is -1.11. The summed E-state index contributed by atoms with van der Waals surface area (Å²) in [6.07, 6.45) is 2.44. The average molecular weight is 373 g/mol. The van der Waals surface area contributed by atoms with Crippen molar-refractivity contribution < 1.29 is 13.2 Å². The second-order valence-corrected chi connectivity index (χ2v) is 8.78. The molecule has 2 rings (SSSR count). The quantitative estimate of drug-likeness (QED) is 0.746. The summed E-state index contributed by atoms with van der Waals surface area (Å²) in [4.78, 5) is 14.3. The summed E-state index contributed by atoms with van der Waals surface area (Å²) in [5.74, 6) is -0.646. The Kier molecular flexibility index (Phi) is 7.07. The first-order valence-electron chi connectivity index (χ1n) is 8.39. The second-order valence-electron chi connectivity index (χ2n) is 6.16. The number of amides is 1. The van der Waals surface area contributed by atoms with Gasteiger partial charge in [0.15, 0.2) is 9.84 Å². The number of benzene rings is 1. The molecule has 1 aliphatic heterocycles. The van der Waals surface area contributed by atoms with Gasteiger partial charge in [-0.1, -0.05) is 43.5 Å². The standard InChI is InChI=1S/C17H25ClN2O3S/c1-2-3-4-10-24(22,23)13-17(21)20-9-8-19-12-16(20)14-6-5-7-15(18)11-14/h5-7,11,16,19H,2-4,8-10,12-13H2,1H3. The molecule has 0 aromatic heterocycles. The number of carbonyl (C=O) groups is 1. The normalized spacial score (nSPS) is 18.6. The van der Waals surface area contributed by atoms with E-state index < -0.39 is 15.6 Å². The van der Waals surface area contributed by atoms with Gasteiger partial charge in [0.05, 0.1) is 11.8 Å². The molecule has 1 aromatic rings. The Morgan fingerprint density at radius 1 is 1.38 bits per heavy atom. The third kappa shape index (κ3) is 5.46. The van der Waals surface area contributed by atoms with Gasteiger partial charge >= 0.3 is 0 Å². The topological polar surface area (TPSA) is 66.5 Å². The summed E-state index contributed by atoms with van der Waals surface area (Å²) in [6.45, 7) is 3.79. The molecule has 5 nitrogen and oxygen atoms in total. The number of hydrogen-bond acceptors (Lipinski definition) is 4. The molecule has 0 bridgehead atoms. The summed E-state index contributed by atoms with van der Waals surface area (Å²) in [5.41, 5.74) is 0.923. The minimum Gasteiger partial charge on any atom is -0.332 e. The van der Waals surface area contributed by atoms with Crippen LogP contribution in [0.25, 0.3) is 0 Å². The molecule has 7 heteroatoms. The molecule has 0 spiro atoms. The fourth-order valence-corrected chi connectivity index (χ4v) is 4.46. The van der Waals surface area contributed by atoms with Crippen molar-refractivity contribution in [2.75, 3.05) is 31.1 Å². The van der Waals surface area contributed by atoms with Crippen LogP contribution in [0.15, 0.2) is 24.3 Å². The van der Waals surface area contributed by atoms with Crippen molar-refractivity contribution in [1.29, 1.82) is 0 Å². The molecule has 0 aliphatic carbocycles. The average Bonchev–Trinajstić information content (AvgIpc) is 2.54. The van der Waals surface area contributed by atoms with Crippen LogP contribution in [-0.2, 0) is 14.6 Å². The molecule has 1 aliphatic rings. The van der Waals surface area contributed by atoms with Crippen molar-refractivity contribution in [1.82, 2.24) is 10.2 Å². The Balaban J connectivity index is 2.08. The molecule has 1 unspecified atom stereocenters. The first-order chi connectivity index (χ1) is 11.4. The molecule has 134 valence electrons. The smallest absolute Gasteiger partial charge is 0.238 e. The Labute approximate surface area is 149 Å². The number of unbranched alkanes of at least 4 members (excludes halogenated alkanes) is 2. The highest BCUT2D eigenvalue weighted by molar-refractivity contribution is 7.92. The van der Waals surface area contributed by atoms with E-state index in [2.05, 4.69) is 5.32 Å². The lowest BCUT2D eigenvalue weighted by Crippen LogP contribution is -2.50. The van der Waals surface area contributed by atoms with Gasteiger partial charge in [0.1, 0.15) is 5.75 Å². The molecular weight excluding hydrogens is 348 g/mol. The zero-order chi connectivity index (χ0) is 17.6. The van der Waals surface area contributed by atoms with E-state index in [1.165, 1.54) is 0 Å². The molecule has 1 amide bonds. The molecule has 1 atom stereocenters. The zero-order valence-electron chi connectivity index (χ0n) is 14.0. The molecule has 1 saturated heterocycles. The van der Waals surface area contributed by atoms with Gasteiger partial charge in [0, 0.05) is 24.7 Å². The van der Waals surface area contributed by atoms with E-state index >= 15 is 0 Å². The van der Waals surface area contributed by atoms with E-state index in [1.807, 2.05) is 25.1 Å². The van der Waals surface area contributed by atoms with Crippen molar-refractivity contribution in [3.63, 3.8) is 0 Å². The molecular formula is C17H25ClN2O3S. The zero-order valence-corrected chi connectivity index (χ0v) is 15.6. The largest absolute Gasteiger partial charge is 0.332 e. The van der Waals surface area contributed by atoms with Crippen LogP contribution in [0.3, 0.4) is 0 Å². The van der Waals surface area contributed by atoms with Gasteiger partial charge in [0.25, 0.3) is 0 Å². The maximum Gasteiger partial charge on any atom is 0.238 e. The van der Waals surface area contributed by atoms with Crippen molar-refractivity contribution in [2.45, 2.75) is 32.2 Å². The Morgan fingerprint density at radius 3 is 2.88 bits per heavy atom. The number of sulfone groups is 1. The van der Waals surface area contributed by atoms with Crippen LogP contribution in [0.4, 0.5) is 0 Å². The van der Waals surface area contributed by atoms with Gasteiger partial charge in [-0.15, -0.1) is 0 Å². The highest BCUT2D eigenvalue weighted by Gasteiger charge is 2.30. The van der Waals surface area contributed by atoms with E-state index in [4.69, 9.17) is 11.6 Å². The van der Waals surface area contributed by atoms with Gasteiger partial charge in [-0.25, -0.2) is 8.42 Å². The maximum atomic E-state index is 12.6. The number of nitrogens with one attached hydrogen (secondary N) is 1. The van der Waals surface area contributed by atoms with E-state index in [-0.39, 0.29) is 17.7 Å². The maximum absolute atomic E-state index is 12.6. The van der Waals surface area contributed by atoms with Crippen LogP contribution < -0.4 is 5.32 Å². The second kappa shape index (κ2) is 8.83. The van der Waals surface area contributed by atoms with Crippen molar-refractivity contribution in [2.24, 2.45) is 0 Å². The number of piperazine rings is 1. The van der Waals surface area contributed by atoms with Crippen LogP contribution >= 0.6 is 11.6 Å². The first-order valence-corrected chi connectivity index (χ1v) is 10.6. The fourth-order valence-electron chi connectivity index (χ4n) is 2.93. The lowest BCUT2D eigenvalue weighted by Gasteiger charge is -2.36. The predicted octanol–water partition coefficient (Wildman–Crippen LogP) is 2.42. The van der Waals surface area contributed by atoms with Crippen LogP contribution in [0, 0.1) is 0 Å². The van der Waals surface area contributed by atoms with Gasteiger partial charge in [-0.2, -0.15) is 0 Å². The van der Waals surface area contributed by atoms with Crippen LogP contribution in [0.5, 0.6) is 0 Å². The van der Waals surface area contributed by atoms with Crippen LogP contribution in [0.2, 0.25) is 5.02 Å². The Bertz CT molecular complexity index is 664. The summed E-state index contributed by atoms with van der Waals surface area (Å²) in [7, 11) is -3.35. The minimum atomic E-state index is -3.35. The van der Waals surface area contributed by atoms with Crippen molar-refractivity contribution >= 4 is 27.3 Å². The number of hydrogen-bond donors (Lipinski definition) is 1.